The van der Waals surface area contributed by atoms with E-state index in [9.17, 15) is 9.59 Å². The molecule has 0 atom stereocenters. The summed E-state index contributed by atoms with van der Waals surface area (Å²) >= 11 is 0. The largest absolute Gasteiger partial charge is 0.480 e. The van der Waals surface area contributed by atoms with E-state index in [4.69, 9.17) is 10.8 Å². The first-order valence-corrected chi connectivity index (χ1v) is 5.89. The Hall–Kier alpha value is -2.22. The van der Waals surface area contributed by atoms with E-state index in [1.165, 1.54) is 6.07 Å². The Labute approximate surface area is 109 Å². The molecular weight excluding hydrogens is 250 g/mol. The van der Waals surface area contributed by atoms with Gasteiger partial charge >= 0.3 is 5.97 Å². The summed E-state index contributed by atoms with van der Waals surface area (Å²) < 4.78 is 0. The highest BCUT2D eigenvalue weighted by molar-refractivity contribution is 5.90. The van der Waals surface area contributed by atoms with Gasteiger partial charge in [-0.2, -0.15) is 0 Å². The van der Waals surface area contributed by atoms with Gasteiger partial charge in [0.1, 0.15) is 0 Å². The number of carboxylic acid groups (broad SMARTS) is 1. The van der Waals surface area contributed by atoms with Crippen LogP contribution in [-0.2, 0) is 4.79 Å². The van der Waals surface area contributed by atoms with Crippen LogP contribution in [-0.4, -0.2) is 64.8 Å². The number of carbonyl (C=O) groups is 2. The molecule has 8 heteroatoms. The third kappa shape index (κ3) is 3.38. The molecule has 1 aromatic rings. The summed E-state index contributed by atoms with van der Waals surface area (Å²) in [5.74, 6) is -0.760. The lowest BCUT2D eigenvalue weighted by atomic mass is 10.3. The van der Waals surface area contributed by atoms with Crippen molar-refractivity contribution < 1.29 is 14.7 Å². The molecule has 2 heterocycles. The van der Waals surface area contributed by atoms with Crippen molar-refractivity contribution in [3.8, 4) is 0 Å². The van der Waals surface area contributed by atoms with Gasteiger partial charge in [-0.05, 0) is 12.1 Å². The number of hydrogen-bond acceptors (Lipinski definition) is 6. The van der Waals surface area contributed by atoms with Crippen molar-refractivity contribution in [3.05, 3.63) is 17.8 Å². The number of carbonyl (C=O) groups excluding carboxylic acids is 1. The van der Waals surface area contributed by atoms with E-state index < -0.39 is 11.9 Å². The Morgan fingerprint density at radius 3 is 2.37 bits per heavy atom. The molecule has 0 saturated carbocycles. The van der Waals surface area contributed by atoms with Gasteiger partial charge in [0.15, 0.2) is 11.5 Å². The molecule has 0 aromatic carbocycles. The molecule has 0 bridgehead atoms. The first-order valence-electron chi connectivity index (χ1n) is 5.89. The van der Waals surface area contributed by atoms with E-state index in [0.717, 1.165) is 0 Å². The maximum absolute atomic E-state index is 10.9. The Morgan fingerprint density at radius 1 is 1.21 bits per heavy atom. The van der Waals surface area contributed by atoms with Crippen LogP contribution < -0.4 is 10.6 Å². The van der Waals surface area contributed by atoms with Gasteiger partial charge in [0, 0.05) is 26.2 Å². The van der Waals surface area contributed by atoms with Crippen LogP contribution >= 0.6 is 0 Å². The van der Waals surface area contributed by atoms with Gasteiger partial charge in [-0.3, -0.25) is 14.5 Å². The van der Waals surface area contributed by atoms with Gasteiger partial charge < -0.3 is 15.7 Å². The Kier molecular flexibility index (Phi) is 3.91. The molecule has 1 fully saturated rings. The van der Waals surface area contributed by atoms with Crippen molar-refractivity contribution in [2.24, 2.45) is 5.73 Å². The smallest absolute Gasteiger partial charge is 0.317 e. The zero-order chi connectivity index (χ0) is 13.8. The molecule has 1 aromatic heterocycles. The third-order valence-electron chi connectivity index (χ3n) is 2.96. The van der Waals surface area contributed by atoms with E-state index in [2.05, 4.69) is 10.2 Å². The van der Waals surface area contributed by atoms with Crippen LogP contribution in [0.25, 0.3) is 0 Å². The number of aromatic nitrogens is 2. The fourth-order valence-corrected chi connectivity index (χ4v) is 1.95. The van der Waals surface area contributed by atoms with Crippen LogP contribution in [0.1, 0.15) is 10.5 Å². The lowest BCUT2D eigenvalue weighted by Crippen LogP contribution is -2.48. The van der Waals surface area contributed by atoms with Crippen molar-refractivity contribution in [1.82, 2.24) is 15.1 Å². The van der Waals surface area contributed by atoms with Crippen LogP contribution in [0.3, 0.4) is 0 Å². The van der Waals surface area contributed by atoms with Crippen molar-refractivity contribution in [2.45, 2.75) is 0 Å². The molecule has 19 heavy (non-hydrogen) atoms. The summed E-state index contributed by atoms with van der Waals surface area (Å²) in [5.41, 5.74) is 5.22. The van der Waals surface area contributed by atoms with Gasteiger partial charge in [0.25, 0.3) is 5.91 Å². The molecule has 102 valence electrons. The minimum atomic E-state index is -0.820. The fourth-order valence-electron chi connectivity index (χ4n) is 1.95. The number of nitrogens with two attached hydrogens (primary N) is 1. The van der Waals surface area contributed by atoms with Crippen molar-refractivity contribution in [1.29, 1.82) is 0 Å². The minimum Gasteiger partial charge on any atom is -0.480 e. The van der Waals surface area contributed by atoms with E-state index in [0.29, 0.717) is 32.0 Å². The maximum Gasteiger partial charge on any atom is 0.317 e. The molecule has 1 saturated heterocycles. The second kappa shape index (κ2) is 5.61. The highest BCUT2D eigenvalue weighted by Crippen LogP contribution is 2.12. The van der Waals surface area contributed by atoms with Crippen molar-refractivity contribution in [2.75, 3.05) is 37.6 Å². The highest BCUT2D eigenvalue weighted by atomic mass is 16.4. The molecule has 0 unspecified atom stereocenters. The molecule has 2 rings (SSSR count). The normalized spacial score (nSPS) is 16.3. The van der Waals surface area contributed by atoms with Crippen LogP contribution in [0.15, 0.2) is 12.1 Å². The summed E-state index contributed by atoms with van der Waals surface area (Å²) in [4.78, 5) is 25.3. The number of primary amides is 1. The third-order valence-corrected chi connectivity index (χ3v) is 2.96. The van der Waals surface area contributed by atoms with Crippen LogP contribution in [0.4, 0.5) is 5.82 Å². The first-order chi connectivity index (χ1) is 9.06. The second-order valence-corrected chi connectivity index (χ2v) is 4.30. The molecular formula is C11H15N5O3. The number of piperazine rings is 1. The molecule has 1 amide bonds. The highest BCUT2D eigenvalue weighted by Gasteiger charge is 2.19. The summed E-state index contributed by atoms with van der Waals surface area (Å²) in [6, 6.07) is 3.23. The summed E-state index contributed by atoms with van der Waals surface area (Å²) in [6.07, 6.45) is 0. The minimum absolute atomic E-state index is 0.0557. The van der Waals surface area contributed by atoms with Crippen molar-refractivity contribution >= 4 is 17.7 Å². The fraction of sp³-hybridized carbons (Fsp3) is 0.455. The number of amides is 1. The average Bonchev–Trinajstić information content (AvgIpc) is 2.39. The van der Waals surface area contributed by atoms with Gasteiger partial charge in [0.05, 0.1) is 6.54 Å². The lowest BCUT2D eigenvalue weighted by molar-refractivity contribution is -0.138. The lowest BCUT2D eigenvalue weighted by Gasteiger charge is -2.34. The van der Waals surface area contributed by atoms with E-state index in [1.807, 2.05) is 9.80 Å². The van der Waals surface area contributed by atoms with Crippen molar-refractivity contribution in [3.63, 3.8) is 0 Å². The van der Waals surface area contributed by atoms with Gasteiger partial charge in [-0.25, -0.2) is 0 Å². The molecule has 1 aliphatic rings. The Balaban J connectivity index is 1.94. The number of rotatable bonds is 4. The number of carboxylic acids is 1. The van der Waals surface area contributed by atoms with E-state index in [1.54, 1.807) is 6.07 Å². The Morgan fingerprint density at radius 2 is 1.89 bits per heavy atom. The number of nitrogens with zero attached hydrogens (tertiary/aromatic N) is 4. The molecule has 0 aliphatic carbocycles. The van der Waals surface area contributed by atoms with E-state index >= 15 is 0 Å². The predicted molar refractivity (Wildman–Crippen MR) is 66.8 cm³/mol. The van der Waals surface area contributed by atoms with Gasteiger partial charge in [0.2, 0.25) is 0 Å². The topological polar surface area (TPSA) is 113 Å². The predicted octanol–water partition coefficient (Wildman–Crippen LogP) is -1.22. The molecule has 3 N–H and O–H groups in total. The number of anilines is 1. The second-order valence-electron chi connectivity index (χ2n) is 4.30. The number of hydrogen-bond donors (Lipinski definition) is 2. The molecule has 8 nitrogen and oxygen atoms in total. The van der Waals surface area contributed by atoms with Gasteiger partial charge in [-0.15, -0.1) is 10.2 Å². The molecule has 1 aliphatic heterocycles. The quantitative estimate of drug-likeness (QED) is 0.701. The molecule has 0 radical (unpaired) electrons. The SMILES string of the molecule is NC(=O)c1ccc(N2CCN(CC(=O)O)CC2)nn1. The summed E-state index contributed by atoms with van der Waals surface area (Å²) in [6.45, 7) is 2.73. The first kappa shape index (κ1) is 13.2. The van der Waals surface area contributed by atoms with Crippen LogP contribution in [0.5, 0.6) is 0 Å². The standard InChI is InChI=1S/C11H15N5O3/c12-11(19)8-1-2-9(14-13-8)16-5-3-15(4-6-16)7-10(17)18/h1-2H,3-7H2,(H2,12,19)(H,17,18). The zero-order valence-electron chi connectivity index (χ0n) is 10.3. The monoisotopic (exact) mass is 265 g/mol. The maximum atomic E-state index is 10.9. The zero-order valence-corrected chi connectivity index (χ0v) is 10.3. The summed E-state index contributed by atoms with van der Waals surface area (Å²) in [7, 11) is 0. The van der Waals surface area contributed by atoms with Gasteiger partial charge in [-0.1, -0.05) is 0 Å². The summed E-state index contributed by atoms with van der Waals surface area (Å²) in [5, 5.41) is 16.4. The van der Waals surface area contributed by atoms with E-state index in [-0.39, 0.29) is 12.2 Å². The number of aliphatic carboxylic acids is 1. The Bertz CT molecular complexity index is 468. The average molecular weight is 265 g/mol. The molecule has 0 spiro atoms. The van der Waals surface area contributed by atoms with Crippen LogP contribution in [0, 0.1) is 0 Å². The van der Waals surface area contributed by atoms with Crippen LogP contribution in [0.2, 0.25) is 0 Å².